The molecule has 0 spiro atoms. The van der Waals surface area contributed by atoms with Gasteiger partial charge in [0.2, 0.25) is 0 Å². The minimum Gasteiger partial charge on any atom is -0.313 e. The van der Waals surface area contributed by atoms with Crippen molar-refractivity contribution < 1.29 is 4.39 Å². The van der Waals surface area contributed by atoms with Crippen LogP contribution in [-0.4, -0.2) is 16.8 Å². The van der Waals surface area contributed by atoms with Crippen molar-refractivity contribution in [1.29, 1.82) is 0 Å². The van der Waals surface area contributed by atoms with Gasteiger partial charge in [-0.25, -0.2) is 4.39 Å². The monoisotopic (exact) mass is 247 g/mol. The number of aromatic nitrogens is 2. The Labute approximate surface area is 107 Å². The molecule has 96 valence electrons. The Morgan fingerprint density at radius 3 is 2.72 bits per heavy atom. The highest BCUT2D eigenvalue weighted by molar-refractivity contribution is 5.64. The van der Waals surface area contributed by atoms with Gasteiger partial charge in [0.25, 0.3) is 0 Å². The Hall–Kier alpha value is -1.68. The van der Waals surface area contributed by atoms with Gasteiger partial charge in [0, 0.05) is 23.7 Å². The molecule has 0 bridgehead atoms. The molecule has 0 amide bonds. The lowest BCUT2D eigenvalue weighted by atomic mass is 10.0. The number of benzene rings is 1. The summed E-state index contributed by atoms with van der Waals surface area (Å²) in [5.74, 6) is -0.211. The first-order valence-corrected chi connectivity index (χ1v) is 6.16. The van der Waals surface area contributed by atoms with Crippen LogP contribution in [0.1, 0.15) is 25.5 Å². The van der Waals surface area contributed by atoms with Crippen LogP contribution in [0, 0.1) is 5.82 Å². The number of halogens is 1. The Bertz CT molecular complexity index is 534. The second-order valence-electron chi connectivity index (χ2n) is 4.25. The van der Waals surface area contributed by atoms with Gasteiger partial charge >= 0.3 is 0 Å². The van der Waals surface area contributed by atoms with Gasteiger partial charge in [-0.2, -0.15) is 5.10 Å². The van der Waals surface area contributed by atoms with Crippen molar-refractivity contribution in [2.75, 3.05) is 7.05 Å². The highest BCUT2D eigenvalue weighted by Gasteiger charge is 2.18. The molecule has 3 nitrogen and oxygen atoms in total. The lowest BCUT2D eigenvalue weighted by Crippen LogP contribution is -2.13. The van der Waals surface area contributed by atoms with Crippen LogP contribution in [0.2, 0.25) is 0 Å². The van der Waals surface area contributed by atoms with E-state index in [1.165, 1.54) is 6.07 Å². The van der Waals surface area contributed by atoms with E-state index in [-0.39, 0.29) is 11.9 Å². The Morgan fingerprint density at radius 1 is 1.39 bits per heavy atom. The van der Waals surface area contributed by atoms with Crippen molar-refractivity contribution in [2.45, 2.75) is 26.4 Å². The summed E-state index contributed by atoms with van der Waals surface area (Å²) >= 11 is 0. The first kappa shape index (κ1) is 12.8. The molecule has 1 N–H and O–H groups in total. The van der Waals surface area contributed by atoms with Crippen LogP contribution in [0.5, 0.6) is 0 Å². The molecule has 0 aliphatic rings. The molecule has 0 saturated carbocycles. The van der Waals surface area contributed by atoms with E-state index in [9.17, 15) is 4.39 Å². The van der Waals surface area contributed by atoms with Crippen LogP contribution in [0.15, 0.2) is 30.5 Å². The largest absolute Gasteiger partial charge is 0.313 e. The van der Waals surface area contributed by atoms with E-state index >= 15 is 0 Å². The standard InChI is InChI=1S/C14H18FN3/c1-4-18-14(11-7-5-6-8-13(11)15)12(9-17-18)10(2)16-3/h5-10,16H,4H2,1-3H3. The molecule has 0 aliphatic carbocycles. The van der Waals surface area contributed by atoms with Crippen molar-refractivity contribution in [2.24, 2.45) is 0 Å². The van der Waals surface area contributed by atoms with E-state index in [2.05, 4.69) is 10.4 Å². The van der Waals surface area contributed by atoms with Gasteiger partial charge in [0.1, 0.15) is 5.82 Å². The van der Waals surface area contributed by atoms with Gasteiger partial charge in [-0.15, -0.1) is 0 Å². The molecule has 1 atom stereocenters. The molecule has 0 radical (unpaired) electrons. The second kappa shape index (κ2) is 5.31. The summed E-state index contributed by atoms with van der Waals surface area (Å²) in [7, 11) is 1.89. The van der Waals surface area contributed by atoms with E-state index < -0.39 is 0 Å². The second-order valence-corrected chi connectivity index (χ2v) is 4.25. The number of hydrogen-bond donors (Lipinski definition) is 1. The van der Waals surface area contributed by atoms with Gasteiger partial charge in [-0.3, -0.25) is 4.68 Å². The third kappa shape index (κ3) is 2.16. The van der Waals surface area contributed by atoms with Crippen molar-refractivity contribution in [3.8, 4) is 11.3 Å². The maximum atomic E-state index is 14.0. The summed E-state index contributed by atoms with van der Waals surface area (Å²) in [5.41, 5.74) is 2.48. The molecule has 0 fully saturated rings. The third-order valence-electron chi connectivity index (χ3n) is 3.20. The zero-order valence-electron chi connectivity index (χ0n) is 10.9. The molecule has 2 rings (SSSR count). The van der Waals surface area contributed by atoms with E-state index in [0.717, 1.165) is 17.8 Å². The quantitative estimate of drug-likeness (QED) is 0.900. The van der Waals surface area contributed by atoms with Crippen LogP contribution < -0.4 is 5.32 Å². The molecule has 1 aromatic heterocycles. The average molecular weight is 247 g/mol. The lowest BCUT2D eigenvalue weighted by Gasteiger charge is -2.13. The normalized spacial score (nSPS) is 12.7. The third-order valence-corrected chi connectivity index (χ3v) is 3.20. The predicted octanol–water partition coefficient (Wildman–Crippen LogP) is 2.99. The van der Waals surface area contributed by atoms with Crippen LogP contribution in [0.4, 0.5) is 4.39 Å². The first-order chi connectivity index (χ1) is 8.69. The summed E-state index contributed by atoms with van der Waals surface area (Å²) in [4.78, 5) is 0. The zero-order chi connectivity index (χ0) is 13.1. The van der Waals surface area contributed by atoms with Crippen LogP contribution in [0.3, 0.4) is 0 Å². The summed E-state index contributed by atoms with van der Waals surface area (Å²) in [6.45, 7) is 4.77. The molecule has 0 aliphatic heterocycles. The Morgan fingerprint density at radius 2 is 2.11 bits per heavy atom. The van der Waals surface area contributed by atoms with Crippen molar-refractivity contribution in [3.63, 3.8) is 0 Å². The number of hydrogen-bond acceptors (Lipinski definition) is 2. The fraction of sp³-hybridized carbons (Fsp3) is 0.357. The molecule has 18 heavy (non-hydrogen) atoms. The summed E-state index contributed by atoms with van der Waals surface area (Å²) in [6, 6.07) is 6.96. The summed E-state index contributed by atoms with van der Waals surface area (Å²) < 4.78 is 15.8. The average Bonchev–Trinajstić information content (AvgIpc) is 2.82. The fourth-order valence-electron chi connectivity index (χ4n) is 2.06. The van der Waals surface area contributed by atoms with Gasteiger partial charge in [-0.05, 0) is 33.0 Å². The maximum absolute atomic E-state index is 14.0. The van der Waals surface area contributed by atoms with Crippen LogP contribution >= 0.6 is 0 Å². The molecule has 1 aromatic carbocycles. The molecular weight excluding hydrogens is 229 g/mol. The summed E-state index contributed by atoms with van der Waals surface area (Å²) in [5, 5.41) is 7.50. The SMILES string of the molecule is CCn1ncc(C(C)NC)c1-c1ccccc1F. The molecule has 0 saturated heterocycles. The van der Waals surface area contributed by atoms with Gasteiger partial charge in [0.15, 0.2) is 0 Å². The van der Waals surface area contributed by atoms with E-state index in [1.54, 1.807) is 12.1 Å². The van der Waals surface area contributed by atoms with Crippen LogP contribution in [-0.2, 0) is 6.54 Å². The molecule has 2 aromatic rings. The highest BCUT2D eigenvalue weighted by atomic mass is 19.1. The molecule has 1 heterocycles. The van der Waals surface area contributed by atoms with Gasteiger partial charge < -0.3 is 5.32 Å². The lowest BCUT2D eigenvalue weighted by molar-refractivity contribution is 0.617. The maximum Gasteiger partial charge on any atom is 0.132 e. The Kier molecular flexibility index (Phi) is 3.77. The molecule has 1 unspecified atom stereocenters. The van der Waals surface area contributed by atoms with Crippen molar-refractivity contribution in [1.82, 2.24) is 15.1 Å². The van der Waals surface area contributed by atoms with E-state index in [0.29, 0.717) is 5.56 Å². The minimum absolute atomic E-state index is 0.139. The fourth-order valence-corrected chi connectivity index (χ4v) is 2.06. The number of aryl methyl sites for hydroxylation is 1. The van der Waals surface area contributed by atoms with E-state index in [1.807, 2.05) is 37.8 Å². The topological polar surface area (TPSA) is 29.9 Å². The number of rotatable bonds is 4. The first-order valence-electron chi connectivity index (χ1n) is 6.16. The van der Waals surface area contributed by atoms with Gasteiger partial charge in [-0.1, -0.05) is 12.1 Å². The number of nitrogens with one attached hydrogen (secondary N) is 1. The smallest absolute Gasteiger partial charge is 0.132 e. The number of nitrogens with zero attached hydrogens (tertiary/aromatic N) is 2. The highest BCUT2D eigenvalue weighted by Crippen LogP contribution is 2.29. The zero-order valence-corrected chi connectivity index (χ0v) is 10.9. The minimum atomic E-state index is -0.211. The van der Waals surface area contributed by atoms with Crippen LogP contribution in [0.25, 0.3) is 11.3 Å². The van der Waals surface area contributed by atoms with Gasteiger partial charge in [0.05, 0.1) is 11.9 Å². The van der Waals surface area contributed by atoms with Crippen molar-refractivity contribution >= 4 is 0 Å². The molecular formula is C14H18FN3. The molecule has 4 heteroatoms. The van der Waals surface area contributed by atoms with E-state index in [4.69, 9.17) is 0 Å². The summed E-state index contributed by atoms with van der Waals surface area (Å²) in [6.07, 6.45) is 1.81. The predicted molar refractivity (Wildman–Crippen MR) is 70.8 cm³/mol. The van der Waals surface area contributed by atoms with Crippen molar-refractivity contribution in [3.05, 3.63) is 41.8 Å². The Balaban J connectivity index is 2.61.